The molecule has 0 radical (unpaired) electrons. The normalized spacial score (nSPS) is 11.1. The number of hydrogen-bond acceptors (Lipinski definition) is 4. The van der Waals surface area contributed by atoms with E-state index in [0.717, 1.165) is 9.26 Å². The highest BCUT2D eigenvalue weighted by molar-refractivity contribution is 14.1. The summed E-state index contributed by atoms with van der Waals surface area (Å²) in [5, 5.41) is 0. The fourth-order valence-electron chi connectivity index (χ4n) is 1.99. The number of aryl methyl sites for hydroxylation is 1. The van der Waals surface area contributed by atoms with Crippen LogP contribution in [0.1, 0.15) is 5.82 Å². The lowest BCUT2D eigenvalue weighted by molar-refractivity contribution is 1.03. The summed E-state index contributed by atoms with van der Waals surface area (Å²) in [6.07, 6.45) is 0. The molecule has 7 heteroatoms. The van der Waals surface area contributed by atoms with Crippen LogP contribution in [0.15, 0.2) is 29.1 Å². The van der Waals surface area contributed by atoms with Crippen LogP contribution in [0.5, 0.6) is 0 Å². The Hall–Kier alpha value is -1.90. The van der Waals surface area contributed by atoms with Gasteiger partial charge in [0.15, 0.2) is 11.2 Å². The van der Waals surface area contributed by atoms with Gasteiger partial charge in [-0.15, -0.1) is 0 Å². The summed E-state index contributed by atoms with van der Waals surface area (Å²) in [6.45, 7) is 1.71. The zero-order valence-electron chi connectivity index (χ0n) is 10.0. The number of nitrogen functional groups attached to an aromatic ring is 1. The van der Waals surface area contributed by atoms with Gasteiger partial charge in [-0.3, -0.25) is 9.36 Å². The summed E-state index contributed by atoms with van der Waals surface area (Å²) in [5.41, 5.74) is 7.23. The largest absolute Gasteiger partial charge is 0.369 e. The Morgan fingerprint density at radius 1 is 1.32 bits per heavy atom. The Bertz CT molecular complexity index is 836. The highest BCUT2D eigenvalue weighted by Gasteiger charge is 2.16. The Labute approximate surface area is 121 Å². The van der Waals surface area contributed by atoms with Gasteiger partial charge in [0.05, 0.1) is 5.69 Å². The van der Waals surface area contributed by atoms with E-state index >= 15 is 0 Å². The van der Waals surface area contributed by atoms with Gasteiger partial charge in [-0.05, 0) is 41.6 Å². The molecule has 0 aliphatic heterocycles. The van der Waals surface area contributed by atoms with E-state index in [2.05, 4.69) is 37.5 Å². The quantitative estimate of drug-likeness (QED) is 0.640. The molecule has 0 saturated carbocycles. The highest BCUT2D eigenvalue weighted by atomic mass is 127. The lowest BCUT2D eigenvalue weighted by Gasteiger charge is -2.07. The number of benzene rings is 1. The van der Waals surface area contributed by atoms with Crippen LogP contribution in [0.25, 0.3) is 16.9 Å². The number of imidazole rings is 1. The molecule has 19 heavy (non-hydrogen) atoms. The molecule has 3 rings (SSSR count). The molecule has 0 spiro atoms. The van der Waals surface area contributed by atoms with Crippen molar-refractivity contribution in [2.24, 2.45) is 0 Å². The van der Waals surface area contributed by atoms with Crippen molar-refractivity contribution in [3.63, 3.8) is 0 Å². The van der Waals surface area contributed by atoms with E-state index < -0.39 is 0 Å². The van der Waals surface area contributed by atoms with E-state index in [1.165, 1.54) is 0 Å². The van der Waals surface area contributed by atoms with Crippen molar-refractivity contribution < 1.29 is 0 Å². The van der Waals surface area contributed by atoms with Crippen LogP contribution in [0.3, 0.4) is 0 Å². The molecule has 0 aliphatic carbocycles. The van der Waals surface area contributed by atoms with E-state index in [0.29, 0.717) is 17.0 Å². The number of rotatable bonds is 1. The monoisotopic (exact) mass is 367 g/mol. The number of H-pyrrole nitrogens is 1. The van der Waals surface area contributed by atoms with Crippen LogP contribution in [0.4, 0.5) is 5.95 Å². The summed E-state index contributed by atoms with van der Waals surface area (Å²) in [6, 6.07) is 7.64. The molecular formula is C12H10IN5O. The number of para-hydroxylation sites is 1. The summed E-state index contributed by atoms with van der Waals surface area (Å²) in [7, 11) is 0. The molecule has 0 bridgehead atoms. The molecule has 3 N–H and O–H groups in total. The van der Waals surface area contributed by atoms with Crippen LogP contribution in [0, 0.1) is 10.5 Å². The molecule has 0 aliphatic rings. The van der Waals surface area contributed by atoms with Crippen molar-refractivity contribution in [3.8, 4) is 5.69 Å². The van der Waals surface area contributed by atoms with Crippen LogP contribution >= 0.6 is 22.6 Å². The van der Waals surface area contributed by atoms with Crippen molar-refractivity contribution in [2.75, 3.05) is 5.73 Å². The van der Waals surface area contributed by atoms with Crippen molar-refractivity contribution in [2.45, 2.75) is 6.92 Å². The molecule has 0 atom stereocenters. The molecule has 3 aromatic rings. The number of hydrogen-bond donors (Lipinski definition) is 2. The first-order chi connectivity index (χ1) is 9.08. The molecule has 0 fully saturated rings. The van der Waals surface area contributed by atoms with Crippen LogP contribution < -0.4 is 11.3 Å². The lowest BCUT2D eigenvalue weighted by Crippen LogP contribution is -2.14. The first-order valence-corrected chi connectivity index (χ1v) is 6.65. The summed E-state index contributed by atoms with van der Waals surface area (Å²) in [5.74, 6) is 0.771. The first-order valence-electron chi connectivity index (χ1n) is 5.57. The predicted molar refractivity (Wildman–Crippen MR) is 81.4 cm³/mol. The van der Waals surface area contributed by atoms with Gasteiger partial charge in [-0.1, -0.05) is 12.1 Å². The van der Waals surface area contributed by atoms with Gasteiger partial charge in [0.2, 0.25) is 5.95 Å². The fraction of sp³-hybridized carbons (Fsp3) is 0.0833. The van der Waals surface area contributed by atoms with Gasteiger partial charge in [0, 0.05) is 3.57 Å². The van der Waals surface area contributed by atoms with Crippen molar-refractivity contribution in [1.29, 1.82) is 0 Å². The Balaban J connectivity index is 2.46. The average molecular weight is 367 g/mol. The maximum absolute atomic E-state index is 12.1. The molecular weight excluding hydrogens is 357 g/mol. The standard InChI is InChI=1S/C12H10IN5O/c1-6-15-10-9(11(19)16-6)18(12(14)17-10)8-5-3-2-4-7(8)13/h2-5H,1H3,(H3,14,15,16,17,19). The van der Waals surface area contributed by atoms with Crippen LogP contribution in [0.2, 0.25) is 0 Å². The van der Waals surface area contributed by atoms with Crippen molar-refractivity contribution in [3.05, 3.63) is 44.0 Å². The third-order valence-corrected chi connectivity index (χ3v) is 3.67. The van der Waals surface area contributed by atoms with Gasteiger partial charge < -0.3 is 10.7 Å². The highest BCUT2D eigenvalue weighted by Crippen LogP contribution is 2.23. The van der Waals surface area contributed by atoms with Gasteiger partial charge in [0.25, 0.3) is 5.56 Å². The lowest BCUT2D eigenvalue weighted by atomic mass is 10.3. The number of fused-ring (bicyclic) bond motifs is 1. The number of nitrogens with two attached hydrogens (primary N) is 1. The summed E-state index contributed by atoms with van der Waals surface area (Å²) < 4.78 is 2.61. The second-order valence-corrected chi connectivity index (χ2v) is 5.24. The molecule has 96 valence electrons. The second-order valence-electron chi connectivity index (χ2n) is 4.08. The van der Waals surface area contributed by atoms with Gasteiger partial charge >= 0.3 is 0 Å². The summed E-state index contributed by atoms with van der Waals surface area (Å²) in [4.78, 5) is 23.1. The fourth-order valence-corrected chi connectivity index (χ4v) is 2.62. The average Bonchev–Trinajstić information content (AvgIpc) is 2.66. The molecule has 0 amide bonds. The van der Waals surface area contributed by atoms with E-state index in [4.69, 9.17) is 5.73 Å². The Morgan fingerprint density at radius 2 is 2.05 bits per heavy atom. The number of nitrogens with one attached hydrogen (secondary N) is 1. The minimum Gasteiger partial charge on any atom is -0.369 e. The second kappa shape index (κ2) is 4.34. The van der Waals surface area contributed by atoms with E-state index in [1.807, 2.05) is 24.3 Å². The van der Waals surface area contributed by atoms with E-state index in [-0.39, 0.29) is 11.5 Å². The molecule has 0 unspecified atom stereocenters. The first kappa shape index (κ1) is 12.2. The van der Waals surface area contributed by atoms with Crippen LogP contribution in [-0.2, 0) is 0 Å². The topological polar surface area (TPSA) is 89.6 Å². The molecule has 2 heterocycles. The number of aromatic amines is 1. The molecule has 1 aromatic carbocycles. The SMILES string of the molecule is Cc1nc2nc(N)n(-c3ccccc3I)c2c(=O)[nH]1. The summed E-state index contributed by atoms with van der Waals surface area (Å²) >= 11 is 2.19. The number of anilines is 1. The predicted octanol–water partition coefficient (Wildman–Crippen LogP) is 1.60. The zero-order chi connectivity index (χ0) is 13.6. The van der Waals surface area contributed by atoms with E-state index in [9.17, 15) is 4.79 Å². The maximum atomic E-state index is 12.1. The minimum absolute atomic E-state index is 0.244. The Kier molecular flexibility index (Phi) is 2.77. The van der Waals surface area contributed by atoms with Crippen molar-refractivity contribution >= 4 is 39.7 Å². The van der Waals surface area contributed by atoms with Gasteiger partial charge in [-0.2, -0.15) is 4.98 Å². The number of halogens is 1. The molecule has 0 saturated heterocycles. The third kappa shape index (κ3) is 1.89. The third-order valence-electron chi connectivity index (χ3n) is 2.76. The van der Waals surface area contributed by atoms with Gasteiger partial charge in [0.1, 0.15) is 5.82 Å². The number of nitrogens with zero attached hydrogens (tertiary/aromatic N) is 3. The molecule has 2 aromatic heterocycles. The number of aromatic nitrogens is 4. The van der Waals surface area contributed by atoms with E-state index in [1.54, 1.807) is 11.5 Å². The smallest absolute Gasteiger partial charge is 0.277 e. The van der Waals surface area contributed by atoms with Gasteiger partial charge in [-0.25, -0.2) is 4.98 Å². The molecule has 6 nitrogen and oxygen atoms in total. The minimum atomic E-state index is -0.244. The van der Waals surface area contributed by atoms with Crippen LogP contribution in [-0.4, -0.2) is 19.5 Å². The van der Waals surface area contributed by atoms with Crippen molar-refractivity contribution in [1.82, 2.24) is 19.5 Å². The maximum Gasteiger partial charge on any atom is 0.277 e. The zero-order valence-corrected chi connectivity index (χ0v) is 12.2. The Morgan fingerprint density at radius 3 is 2.79 bits per heavy atom.